The number of rotatable bonds is 6. The van der Waals surface area contributed by atoms with Crippen molar-refractivity contribution in [1.29, 1.82) is 0 Å². The van der Waals surface area contributed by atoms with Crippen molar-refractivity contribution >= 4 is 27.5 Å². The number of hydrogen-bond acceptors (Lipinski definition) is 4. The van der Waals surface area contributed by atoms with Crippen LogP contribution in [0.15, 0.2) is 53.4 Å². The zero-order chi connectivity index (χ0) is 22.9. The maximum atomic E-state index is 13.2. The number of nitrogens with one attached hydrogen (secondary N) is 2. The Balaban J connectivity index is 1.53. The summed E-state index contributed by atoms with van der Waals surface area (Å²) < 4.78 is 27.6. The predicted molar refractivity (Wildman–Crippen MR) is 123 cm³/mol. The number of likely N-dealkylation sites (tertiary alicyclic amines) is 1. The summed E-state index contributed by atoms with van der Waals surface area (Å²) in [6.45, 7) is 5.67. The number of hydrogen-bond donors (Lipinski definition) is 2. The van der Waals surface area contributed by atoms with E-state index in [1.807, 2.05) is 4.90 Å². The van der Waals surface area contributed by atoms with Gasteiger partial charge >= 0.3 is 0 Å². The van der Waals surface area contributed by atoms with Gasteiger partial charge in [-0.3, -0.25) is 9.59 Å². The standard InChI is InChI=1S/C24H29N3O4S/c1-16-12-17(2)15-27(14-16)24(29)21-8-3-4-9-22(21)25-23(28)18-6-5-7-20(13-18)32(30,31)26-19-10-11-19/h3-9,13,16-17,19,26H,10-12,14-15H2,1-2H3,(H,25,28). The van der Waals surface area contributed by atoms with Crippen molar-refractivity contribution < 1.29 is 18.0 Å². The molecule has 2 atom stereocenters. The normalized spacial score (nSPS) is 21.2. The van der Waals surface area contributed by atoms with Crippen LogP contribution >= 0.6 is 0 Å². The molecule has 1 aliphatic carbocycles. The van der Waals surface area contributed by atoms with Crippen LogP contribution in [0.25, 0.3) is 0 Å². The van der Waals surface area contributed by atoms with Crippen LogP contribution in [-0.2, 0) is 10.0 Å². The molecule has 2 unspecified atom stereocenters. The Morgan fingerprint density at radius 3 is 2.34 bits per heavy atom. The summed E-state index contributed by atoms with van der Waals surface area (Å²) in [6.07, 6.45) is 2.76. The zero-order valence-electron chi connectivity index (χ0n) is 18.4. The van der Waals surface area contributed by atoms with E-state index in [-0.39, 0.29) is 22.4 Å². The van der Waals surface area contributed by atoms with Gasteiger partial charge in [-0.2, -0.15) is 0 Å². The van der Waals surface area contributed by atoms with Crippen LogP contribution in [0, 0.1) is 11.8 Å². The Hall–Kier alpha value is -2.71. The minimum absolute atomic E-state index is 0.0180. The van der Waals surface area contributed by atoms with Gasteiger partial charge in [-0.05, 0) is 61.4 Å². The van der Waals surface area contributed by atoms with Gasteiger partial charge < -0.3 is 10.2 Å². The first kappa shape index (κ1) is 22.5. The van der Waals surface area contributed by atoms with Crippen LogP contribution in [0.2, 0.25) is 0 Å². The lowest BCUT2D eigenvalue weighted by Gasteiger charge is -2.35. The second-order valence-electron chi connectivity index (χ2n) is 9.08. The van der Waals surface area contributed by atoms with E-state index >= 15 is 0 Å². The molecular weight excluding hydrogens is 426 g/mol. The zero-order valence-corrected chi connectivity index (χ0v) is 19.2. The lowest BCUT2D eigenvalue weighted by atomic mass is 9.91. The first-order chi connectivity index (χ1) is 15.2. The van der Waals surface area contributed by atoms with Crippen molar-refractivity contribution in [3.8, 4) is 0 Å². The molecule has 0 bridgehead atoms. The van der Waals surface area contributed by atoms with Crippen LogP contribution in [-0.4, -0.2) is 44.3 Å². The van der Waals surface area contributed by atoms with E-state index in [4.69, 9.17) is 0 Å². The molecule has 2 amide bonds. The molecule has 0 radical (unpaired) electrons. The third-order valence-corrected chi connectivity index (χ3v) is 7.39. The minimum atomic E-state index is -3.66. The largest absolute Gasteiger partial charge is 0.338 e. The number of benzene rings is 2. The Labute approximate surface area is 189 Å². The quantitative estimate of drug-likeness (QED) is 0.697. The molecule has 32 heavy (non-hydrogen) atoms. The fourth-order valence-corrected chi connectivity index (χ4v) is 5.62. The van der Waals surface area contributed by atoms with Crippen molar-refractivity contribution in [2.45, 2.75) is 44.0 Å². The second-order valence-corrected chi connectivity index (χ2v) is 10.8. The van der Waals surface area contributed by atoms with Gasteiger partial charge in [0.15, 0.2) is 0 Å². The fourth-order valence-electron chi connectivity index (χ4n) is 4.27. The minimum Gasteiger partial charge on any atom is -0.338 e. The highest BCUT2D eigenvalue weighted by Gasteiger charge is 2.29. The highest BCUT2D eigenvalue weighted by atomic mass is 32.2. The summed E-state index contributed by atoms with van der Waals surface area (Å²) in [5.41, 5.74) is 1.06. The summed E-state index contributed by atoms with van der Waals surface area (Å²) >= 11 is 0. The van der Waals surface area contributed by atoms with Gasteiger partial charge in [0.2, 0.25) is 10.0 Å². The van der Waals surface area contributed by atoms with E-state index in [9.17, 15) is 18.0 Å². The summed E-state index contributed by atoms with van der Waals surface area (Å²) in [5.74, 6) is 0.287. The highest BCUT2D eigenvalue weighted by molar-refractivity contribution is 7.89. The van der Waals surface area contributed by atoms with Gasteiger partial charge in [-0.25, -0.2) is 13.1 Å². The molecule has 2 aromatic carbocycles. The summed E-state index contributed by atoms with van der Waals surface area (Å²) in [4.78, 5) is 28.0. The summed E-state index contributed by atoms with van der Waals surface area (Å²) in [7, 11) is -3.66. The molecular formula is C24H29N3O4S. The molecule has 8 heteroatoms. The summed E-state index contributed by atoms with van der Waals surface area (Å²) in [6, 6.07) is 12.9. The molecule has 2 N–H and O–H groups in total. The monoisotopic (exact) mass is 455 g/mol. The van der Waals surface area contributed by atoms with Gasteiger partial charge in [-0.15, -0.1) is 0 Å². The molecule has 0 aromatic heterocycles. The van der Waals surface area contributed by atoms with Crippen LogP contribution < -0.4 is 10.0 Å². The van der Waals surface area contributed by atoms with Crippen molar-refractivity contribution in [3.05, 3.63) is 59.7 Å². The van der Waals surface area contributed by atoms with E-state index < -0.39 is 15.9 Å². The molecule has 1 saturated heterocycles. The van der Waals surface area contributed by atoms with E-state index in [0.717, 1.165) is 19.3 Å². The van der Waals surface area contributed by atoms with Gasteiger partial charge in [0.1, 0.15) is 0 Å². The number of carbonyl (C=O) groups excluding carboxylic acids is 2. The molecule has 0 spiro atoms. The highest BCUT2D eigenvalue weighted by Crippen LogP contribution is 2.26. The molecule has 1 heterocycles. The van der Waals surface area contributed by atoms with Crippen molar-refractivity contribution in [2.75, 3.05) is 18.4 Å². The number of nitrogens with zero attached hydrogens (tertiary/aromatic N) is 1. The van der Waals surface area contributed by atoms with Crippen LogP contribution in [0.4, 0.5) is 5.69 Å². The SMILES string of the molecule is CC1CC(C)CN(C(=O)c2ccccc2NC(=O)c2cccc(S(=O)(=O)NC3CC3)c2)C1. The Bertz CT molecular complexity index is 1120. The van der Waals surface area contributed by atoms with Crippen LogP contribution in [0.1, 0.15) is 53.8 Å². The number of carbonyl (C=O) groups is 2. The molecule has 1 saturated carbocycles. The van der Waals surface area contributed by atoms with Gasteiger partial charge in [0.25, 0.3) is 11.8 Å². The third-order valence-electron chi connectivity index (χ3n) is 5.87. The topological polar surface area (TPSA) is 95.6 Å². The van der Waals surface area contributed by atoms with Crippen molar-refractivity contribution in [2.24, 2.45) is 11.8 Å². The molecule has 7 nitrogen and oxygen atoms in total. The van der Waals surface area contributed by atoms with E-state index in [1.165, 1.54) is 12.1 Å². The lowest BCUT2D eigenvalue weighted by Crippen LogP contribution is -2.42. The third kappa shape index (κ3) is 5.19. The van der Waals surface area contributed by atoms with Gasteiger partial charge in [-0.1, -0.05) is 32.0 Å². The van der Waals surface area contributed by atoms with Gasteiger partial charge in [0.05, 0.1) is 16.1 Å². The van der Waals surface area contributed by atoms with E-state index in [2.05, 4.69) is 23.9 Å². The Kier molecular flexibility index (Phi) is 6.35. The Morgan fingerprint density at radius 2 is 1.66 bits per heavy atom. The average Bonchev–Trinajstić information content (AvgIpc) is 3.56. The number of sulfonamides is 1. The molecule has 2 fully saturated rings. The second kappa shape index (κ2) is 9.03. The van der Waals surface area contributed by atoms with Crippen molar-refractivity contribution in [1.82, 2.24) is 9.62 Å². The Morgan fingerprint density at radius 1 is 0.969 bits per heavy atom. The molecule has 1 aliphatic heterocycles. The number of para-hydroxylation sites is 1. The first-order valence-electron chi connectivity index (χ1n) is 11.0. The maximum absolute atomic E-state index is 13.2. The number of piperidine rings is 1. The van der Waals surface area contributed by atoms with Crippen LogP contribution in [0.3, 0.4) is 0 Å². The molecule has 170 valence electrons. The molecule has 2 aromatic rings. The maximum Gasteiger partial charge on any atom is 0.255 e. The number of anilines is 1. The average molecular weight is 456 g/mol. The number of amides is 2. The van der Waals surface area contributed by atoms with Gasteiger partial charge in [0, 0.05) is 24.7 Å². The van der Waals surface area contributed by atoms with Crippen LogP contribution in [0.5, 0.6) is 0 Å². The lowest BCUT2D eigenvalue weighted by molar-refractivity contribution is 0.0624. The smallest absolute Gasteiger partial charge is 0.255 e. The fraction of sp³-hybridized carbons (Fsp3) is 0.417. The van der Waals surface area contributed by atoms with Crippen molar-refractivity contribution in [3.63, 3.8) is 0 Å². The first-order valence-corrected chi connectivity index (χ1v) is 12.5. The van der Waals surface area contributed by atoms with E-state index in [0.29, 0.717) is 36.2 Å². The summed E-state index contributed by atoms with van der Waals surface area (Å²) in [5, 5.41) is 2.80. The molecule has 2 aliphatic rings. The van der Waals surface area contributed by atoms with E-state index in [1.54, 1.807) is 36.4 Å². The predicted octanol–water partition coefficient (Wildman–Crippen LogP) is 3.50. The molecule has 4 rings (SSSR count).